The van der Waals surface area contributed by atoms with Crippen LogP contribution in [-0.4, -0.2) is 38.7 Å². The number of hydrogen-bond acceptors (Lipinski definition) is 5. The van der Waals surface area contributed by atoms with E-state index >= 15 is 0 Å². The van der Waals surface area contributed by atoms with Crippen LogP contribution < -0.4 is 5.32 Å². The van der Waals surface area contributed by atoms with E-state index in [0.717, 1.165) is 25.7 Å². The van der Waals surface area contributed by atoms with E-state index in [4.69, 9.17) is 4.74 Å². The molecule has 0 aliphatic rings. The van der Waals surface area contributed by atoms with E-state index in [1.165, 1.54) is 7.11 Å². The smallest absolute Gasteiger partial charge is 0.323 e. The van der Waals surface area contributed by atoms with Crippen LogP contribution in [0.5, 0.6) is 0 Å². The summed E-state index contributed by atoms with van der Waals surface area (Å²) in [6, 6.07) is -0.631. The molecule has 5 heteroatoms. The van der Waals surface area contributed by atoms with Crippen LogP contribution in [0, 0.1) is 5.92 Å². The molecule has 112 valence electrons. The Bertz CT molecular complexity index is 268. The maximum Gasteiger partial charge on any atom is 0.323 e. The Morgan fingerprint density at radius 1 is 1.26 bits per heavy atom. The highest BCUT2D eigenvalue weighted by atomic mass is 16.5. The van der Waals surface area contributed by atoms with Crippen molar-refractivity contribution in [3.63, 3.8) is 0 Å². The van der Waals surface area contributed by atoms with Crippen LogP contribution in [0.2, 0.25) is 0 Å². The maximum absolute atomic E-state index is 11.7. The molecule has 0 spiro atoms. The molecule has 0 fully saturated rings. The number of likely N-dealkylation sites (N-methyl/N-ethyl adjacent to an activating group) is 1. The second-order valence-corrected chi connectivity index (χ2v) is 4.67. The molecule has 0 aromatic heterocycles. The molecule has 19 heavy (non-hydrogen) atoms. The van der Waals surface area contributed by atoms with Crippen LogP contribution in [0.4, 0.5) is 0 Å². The number of esters is 2. The highest BCUT2D eigenvalue weighted by Crippen LogP contribution is 2.13. The number of rotatable bonds is 10. The van der Waals surface area contributed by atoms with Gasteiger partial charge in [-0.1, -0.05) is 33.1 Å². The van der Waals surface area contributed by atoms with E-state index in [1.807, 2.05) is 0 Å². The predicted octanol–water partition coefficient (Wildman–Crippen LogP) is 1.90. The van der Waals surface area contributed by atoms with Crippen LogP contribution in [-0.2, 0) is 19.1 Å². The molecule has 5 nitrogen and oxygen atoms in total. The number of nitrogens with one attached hydrogen (secondary N) is 1. The van der Waals surface area contributed by atoms with Gasteiger partial charge in [-0.05, 0) is 19.4 Å². The summed E-state index contributed by atoms with van der Waals surface area (Å²) in [4.78, 5) is 23.0. The fraction of sp³-hybridized carbons (Fsp3) is 0.857. The van der Waals surface area contributed by atoms with Crippen molar-refractivity contribution in [2.24, 2.45) is 5.92 Å². The van der Waals surface area contributed by atoms with Gasteiger partial charge >= 0.3 is 11.9 Å². The third-order valence-corrected chi connectivity index (χ3v) is 3.23. The molecule has 0 bridgehead atoms. The van der Waals surface area contributed by atoms with Crippen molar-refractivity contribution in [2.45, 2.75) is 52.0 Å². The SMILES string of the molecule is CCCCC(CC)COC(=O)CC(NC)C(=O)OC. The van der Waals surface area contributed by atoms with Gasteiger partial charge in [-0.15, -0.1) is 0 Å². The van der Waals surface area contributed by atoms with E-state index in [0.29, 0.717) is 12.5 Å². The van der Waals surface area contributed by atoms with E-state index in [-0.39, 0.29) is 12.4 Å². The van der Waals surface area contributed by atoms with E-state index < -0.39 is 12.0 Å². The van der Waals surface area contributed by atoms with Gasteiger partial charge in [-0.25, -0.2) is 0 Å². The van der Waals surface area contributed by atoms with Crippen molar-refractivity contribution < 1.29 is 19.1 Å². The summed E-state index contributed by atoms with van der Waals surface area (Å²) in [5.41, 5.74) is 0. The van der Waals surface area contributed by atoms with Gasteiger partial charge in [0.05, 0.1) is 20.1 Å². The van der Waals surface area contributed by atoms with Gasteiger partial charge in [0.1, 0.15) is 6.04 Å². The Hall–Kier alpha value is -1.10. The van der Waals surface area contributed by atoms with E-state index in [2.05, 4.69) is 23.9 Å². The van der Waals surface area contributed by atoms with E-state index in [1.54, 1.807) is 7.05 Å². The molecular formula is C14H27NO4. The molecule has 2 atom stereocenters. The zero-order valence-corrected chi connectivity index (χ0v) is 12.5. The van der Waals surface area contributed by atoms with Crippen molar-refractivity contribution in [3.05, 3.63) is 0 Å². The number of carbonyl (C=O) groups is 2. The van der Waals surface area contributed by atoms with Gasteiger partial charge in [-0.3, -0.25) is 9.59 Å². The summed E-state index contributed by atoms with van der Waals surface area (Å²) >= 11 is 0. The first-order valence-corrected chi connectivity index (χ1v) is 6.99. The van der Waals surface area contributed by atoms with Crippen LogP contribution in [0.1, 0.15) is 46.0 Å². The minimum absolute atomic E-state index is 0.00733. The lowest BCUT2D eigenvalue weighted by atomic mass is 10.0. The summed E-state index contributed by atoms with van der Waals surface area (Å²) in [6.45, 7) is 4.68. The molecular weight excluding hydrogens is 246 g/mol. The largest absolute Gasteiger partial charge is 0.468 e. The molecule has 1 N–H and O–H groups in total. The monoisotopic (exact) mass is 273 g/mol. The second-order valence-electron chi connectivity index (χ2n) is 4.67. The van der Waals surface area contributed by atoms with Crippen LogP contribution >= 0.6 is 0 Å². The number of methoxy groups -OCH3 is 1. The molecule has 0 rings (SSSR count). The molecule has 0 amide bonds. The lowest BCUT2D eigenvalue weighted by Crippen LogP contribution is -2.37. The van der Waals surface area contributed by atoms with Gasteiger partial charge in [0.15, 0.2) is 0 Å². The third-order valence-electron chi connectivity index (χ3n) is 3.23. The summed E-state index contributed by atoms with van der Waals surface area (Å²) in [5.74, 6) is -0.396. The van der Waals surface area contributed by atoms with Gasteiger partial charge in [0, 0.05) is 0 Å². The Balaban J connectivity index is 4.04. The summed E-state index contributed by atoms with van der Waals surface area (Å²) < 4.78 is 9.83. The number of hydrogen-bond donors (Lipinski definition) is 1. The molecule has 0 aromatic carbocycles. The van der Waals surface area contributed by atoms with Crippen molar-refractivity contribution in [2.75, 3.05) is 20.8 Å². The first-order chi connectivity index (χ1) is 9.08. The topological polar surface area (TPSA) is 64.6 Å². The first-order valence-electron chi connectivity index (χ1n) is 6.99. The minimum Gasteiger partial charge on any atom is -0.468 e. The zero-order valence-electron chi connectivity index (χ0n) is 12.5. The van der Waals surface area contributed by atoms with Gasteiger partial charge in [0.25, 0.3) is 0 Å². The highest BCUT2D eigenvalue weighted by Gasteiger charge is 2.22. The quantitative estimate of drug-likeness (QED) is 0.616. The Labute approximate surface area is 116 Å². The molecule has 0 heterocycles. The molecule has 0 saturated heterocycles. The zero-order chi connectivity index (χ0) is 14.7. The lowest BCUT2D eigenvalue weighted by Gasteiger charge is -2.16. The van der Waals surface area contributed by atoms with Gasteiger partial charge < -0.3 is 14.8 Å². The maximum atomic E-state index is 11.7. The number of unbranched alkanes of at least 4 members (excludes halogenated alkanes) is 1. The second kappa shape index (κ2) is 10.8. The van der Waals surface area contributed by atoms with Crippen LogP contribution in [0.15, 0.2) is 0 Å². The molecule has 0 aliphatic carbocycles. The Morgan fingerprint density at radius 2 is 1.95 bits per heavy atom. The molecule has 0 aliphatic heterocycles. The predicted molar refractivity (Wildman–Crippen MR) is 73.7 cm³/mol. The molecule has 2 unspecified atom stereocenters. The van der Waals surface area contributed by atoms with Crippen LogP contribution in [0.25, 0.3) is 0 Å². The van der Waals surface area contributed by atoms with Gasteiger partial charge in [0.2, 0.25) is 0 Å². The average molecular weight is 273 g/mol. The summed E-state index contributed by atoms with van der Waals surface area (Å²) in [7, 11) is 2.92. The fourth-order valence-electron chi connectivity index (χ4n) is 1.78. The number of ether oxygens (including phenoxy) is 2. The minimum atomic E-state index is -0.631. The Kier molecular flexibility index (Phi) is 10.2. The lowest BCUT2D eigenvalue weighted by molar-refractivity contribution is -0.151. The fourth-order valence-corrected chi connectivity index (χ4v) is 1.78. The molecule has 0 saturated carbocycles. The first kappa shape index (κ1) is 17.9. The van der Waals surface area contributed by atoms with E-state index in [9.17, 15) is 9.59 Å². The van der Waals surface area contributed by atoms with Crippen molar-refractivity contribution in [1.82, 2.24) is 5.32 Å². The third kappa shape index (κ3) is 7.82. The highest BCUT2D eigenvalue weighted by molar-refractivity contribution is 5.82. The average Bonchev–Trinajstić information content (AvgIpc) is 2.44. The molecule has 0 aromatic rings. The summed E-state index contributed by atoms with van der Waals surface area (Å²) in [5, 5.41) is 2.74. The van der Waals surface area contributed by atoms with Gasteiger partial charge in [-0.2, -0.15) is 0 Å². The standard InChI is InChI=1S/C14H27NO4/c1-5-7-8-11(6-2)10-19-13(16)9-12(15-3)14(17)18-4/h11-12,15H,5-10H2,1-4H3. The van der Waals surface area contributed by atoms with Crippen molar-refractivity contribution in [3.8, 4) is 0 Å². The summed E-state index contributed by atoms with van der Waals surface area (Å²) in [6.07, 6.45) is 4.38. The molecule has 0 radical (unpaired) electrons. The van der Waals surface area contributed by atoms with Crippen molar-refractivity contribution in [1.29, 1.82) is 0 Å². The van der Waals surface area contributed by atoms with Crippen LogP contribution in [0.3, 0.4) is 0 Å². The van der Waals surface area contributed by atoms with Crippen molar-refractivity contribution >= 4 is 11.9 Å². The Morgan fingerprint density at radius 3 is 2.42 bits per heavy atom. The normalized spacial score (nSPS) is 13.7. The number of carbonyl (C=O) groups excluding carboxylic acids is 2.